The van der Waals surface area contributed by atoms with E-state index in [1.165, 1.54) is 0 Å². The summed E-state index contributed by atoms with van der Waals surface area (Å²) in [4.78, 5) is 39.8. The quantitative estimate of drug-likeness (QED) is 0.405. The summed E-state index contributed by atoms with van der Waals surface area (Å²) in [5.41, 5.74) is 6.08. The zero-order valence-electron chi connectivity index (χ0n) is 22.3. The molecule has 1 heterocycles. The molecular weight excluding hydrogens is 476 g/mol. The second-order valence-electron chi connectivity index (χ2n) is 9.75. The van der Waals surface area contributed by atoms with Crippen LogP contribution >= 0.6 is 0 Å². The highest BCUT2D eigenvalue weighted by atomic mass is 16.2. The zero-order chi connectivity index (χ0) is 27.1. The third kappa shape index (κ3) is 6.22. The van der Waals surface area contributed by atoms with E-state index in [0.29, 0.717) is 19.5 Å². The average Bonchev–Trinajstić information content (AvgIpc) is 3.08. The van der Waals surface area contributed by atoms with Crippen LogP contribution < -0.4 is 20.9 Å². The topological polar surface area (TPSA) is 90.5 Å². The third-order valence-corrected chi connectivity index (χ3v) is 7.21. The molecule has 4 rings (SSSR count). The van der Waals surface area contributed by atoms with Crippen LogP contribution in [0.25, 0.3) is 11.1 Å². The number of hydrogen-bond donors (Lipinski definition) is 3. The standard InChI is InChI=1S/C31H36N4O3/c1-4-21(2)29(36)34-27-18-17-24-9-6-8-12-28(24)35(30(27)37)20-22-13-15-23(16-14-22)26-11-7-5-10-25(26)19-33-31(38)32-3/h5-16,21,27H,4,17-20H2,1-3H3,(H,34,36)(H2,32,33,38)/t21?,27-/m1/s1. The molecule has 198 valence electrons. The minimum atomic E-state index is -0.553. The summed E-state index contributed by atoms with van der Waals surface area (Å²) >= 11 is 0. The molecule has 38 heavy (non-hydrogen) atoms. The van der Waals surface area contributed by atoms with Gasteiger partial charge in [0, 0.05) is 25.2 Å². The fourth-order valence-electron chi connectivity index (χ4n) is 4.70. The van der Waals surface area contributed by atoms with Crippen molar-refractivity contribution in [1.29, 1.82) is 0 Å². The lowest BCUT2D eigenvalue weighted by Gasteiger charge is -2.27. The Morgan fingerprint density at radius 2 is 1.71 bits per heavy atom. The summed E-state index contributed by atoms with van der Waals surface area (Å²) in [5, 5.41) is 8.43. The number of hydrogen-bond acceptors (Lipinski definition) is 3. The number of carbonyl (C=O) groups is 3. The molecule has 1 aliphatic heterocycles. The molecule has 0 bridgehead atoms. The highest BCUT2D eigenvalue weighted by Gasteiger charge is 2.32. The Morgan fingerprint density at radius 1 is 1.00 bits per heavy atom. The van der Waals surface area contributed by atoms with E-state index in [1.807, 2.05) is 80.6 Å². The first-order valence-electron chi connectivity index (χ1n) is 13.2. The second-order valence-corrected chi connectivity index (χ2v) is 9.75. The van der Waals surface area contributed by atoms with Gasteiger partial charge in [-0.1, -0.05) is 80.6 Å². The third-order valence-electron chi connectivity index (χ3n) is 7.21. The van der Waals surface area contributed by atoms with Gasteiger partial charge in [-0.25, -0.2) is 4.79 Å². The molecule has 3 aromatic carbocycles. The summed E-state index contributed by atoms with van der Waals surface area (Å²) in [7, 11) is 1.59. The van der Waals surface area contributed by atoms with Crippen LogP contribution in [0.5, 0.6) is 0 Å². The summed E-state index contributed by atoms with van der Waals surface area (Å²) in [6, 6.07) is 23.3. The number of aryl methyl sites for hydroxylation is 1. The number of anilines is 1. The zero-order valence-corrected chi connectivity index (χ0v) is 22.3. The summed E-state index contributed by atoms with van der Waals surface area (Å²) in [6.45, 7) is 4.69. The Bertz CT molecular complexity index is 1290. The lowest BCUT2D eigenvalue weighted by molar-refractivity contribution is -0.129. The lowest BCUT2D eigenvalue weighted by Crippen LogP contribution is -2.49. The molecule has 0 spiro atoms. The Balaban J connectivity index is 1.56. The molecule has 3 N–H and O–H groups in total. The van der Waals surface area contributed by atoms with Crippen molar-refractivity contribution in [2.24, 2.45) is 5.92 Å². The van der Waals surface area contributed by atoms with Gasteiger partial charge in [-0.3, -0.25) is 9.59 Å². The van der Waals surface area contributed by atoms with Crippen molar-refractivity contribution in [3.8, 4) is 11.1 Å². The van der Waals surface area contributed by atoms with E-state index in [2.05, 4.69) is 22.0 Å². The van der Waals surface area contributed by atoms with Crippen LogP contribution in [0, 0.1) is 5.92 Å². The van der Waals surface area contributed by atoms with E-state index in [9.17, 15) is 14.4 Å². The molecule has 0 aromatic heterocycles. The minimum absolute atomic E-state index is 0.0781. The van der Waals surface area contributed by atoms with E-state index in [4.69, 9.17) is 0 Å². The van der Waals surface area contributed by atoms with E-state index < -0.39 is 6.04 Å². The number of nitrogens with zero attached hydrogens (tertiary/aromatic N) is 1. The van der Waals surface area contributed by atoms with Gasteiger partial charge in [0.15, 0.2) is 0 Å². The first-order chi connectivity index (χ1) is 18.4. The van der Waals surface area contributed by atoms with E-state index in [1.54, 1.807) is 11.9 Å². The molecule has 0 saturated heterocycles. The Morgan fingerprint density at radius 3 is 2.45 bits per heavy atom. The van der Waals surface area contributed by atoms with Crippen LogP contribution in [0.2, 0.25) is 0 Å². The monoisotopic (exact) mass is 512 g/mol. The highest BCUT2D eigenvalue weighted by molar-refractivity contribution is 6.00. The Labute approximate surface area is 224 Å². The maximum absolute atomic E-state index is 13.7. The maximum Gasteiger partial charge on any atom is 0.314 e. The fourth-order valence-corrected chi connectivity index (χ4v) is 4.70. The van der Waals surface area contributed by atoms with Crippen molar-refractivity contribution in [3.05, 3.63) is 89.5 Å². The van der Waals surface area contributed by atoms with Crippen LogP contribution in [-0.4, -0.2) is 30.9 Å². The van der Waals surface area contributed by atoms with Crippen LogP contribution in [0.15, 0.2) is 72.8 Å². The van der Waals surface area contributed by atoms with Gasteiger partial charge >= 0.3 is 6.03 Å². The molecule has 2 atom stereocenters. The predicted octanol–water partition coefficient (Wildman–Crippen LogP) is 4.79. The first-order valence-corrected chi connectivity index (χ1v) is 13.2. The van der Waals surface area contributed by atoms with Crippen molar-refractivity contribution in [3.63, 3.8) is 0 Å². The van der Waals surface area contributed by atoms with Crippen LogP contribution in [0.4, 0.5) is 10.5 Å². The molecule has 0 aliphatic carbocycles. The molecule has 4 amide bonds. The lowest BCUT2D eigenvalue weighted by atomic mass is 9.98. The van der Waals surface area contributed by atoms with Gasteiger partial charge in [0.2, 0.25) is 11.8 Å². The summed E-state index contributed by atoms with van der Waals surface area (Å²) < 4.78 is 0. The highest BCUT2D eigenvalue weighted by Crippen LogP contribution is 2.30. The van der Waals surface area contributed by atoms with Gasteiger partial charge in [0.25, 0.3) is 0 Å². The molecule has 0 radical (unpaired) electrons. The van der Waals surface area contributed by atoms with Gasteiger partial charge < -0.3 is 20.9 Å². The molecule has 7 heteroatoms. The van der Waals surface area contributed by atoms with Gasteiger partial charge in [-0.05, 0) is 53.1 Å². The van der Waals surface area contributed by atoms with E-state index >= 15 is 0 Å². The van der Waals surface area contributed by atoms with Crippen molar-refractivity contribution in [1.82, 2.24) is 16.0 Å². The number of urea groups is 1. The molecular formula is C31H36N4O3. The predicted molar refractivity (Wildman–Crippen MR) is 151 cm³/mol. The van der Waals surface area contributed by atoms with Gasteiger partial charge in [-0.15, -0.1) is 0 Å². The van der Waals surface area contributed by atoms with Crippen LogP contribution in [-0.2, 0) is 29.1 Å². The molecule has 0 fully saturated rings. The van der Waals surface area contributed by atoms with E-state index in [-0.39, 0.29) is 23.8 Å². The van der Waals surface area contributed by atoms with Crippen molar-refractivity contribution in [2.75, 3.05) is 11.9 Å². The van der Waals surface area contributed by atoms with Gasteiger partial charge in [-0.2, -0.15) is 0 Å². The number of carbonyl (C=O) groups excluding carboxylic acids is 3. The molecule has 0 saturated carbocycles. The molecule has 7 nitrogen and oxygen atoms in total. The smallest absolute Gasteiger partial charge is 0.314 e. The molecule has 1 aliphatic rings. The SMILES string of the molecule is CCC(C)C(=O)N[C@@H]1CCc2ccccc2N(Cc2ccc(-c3ccccc3CNC(=O)NC)cc2)C1=O. The van der Waals surface area contributed by atoms with Crippen LogP contribution in [0.1, 0.15) is 43.4 Å². The Hall–Kier alpha value is -4.13. The number of para-hydroxylation sites is 1. The largest absolute Gasteiger partial charge is 0.344 e. The van der Waals surface area contributed by atoms with Gasteiger partial charge in [0.1, 0.15) is 6.04 Å². The first kappa shape index (κ1) is 26.9. The normalized spacial score (nSPS) is 15.7. The number of fused-ring (bicyclic) bond motifs is 1. The van der Waals surface area contributed by atoms with Crippen molar-refractivity contribution >= 4 is 23.5 Å². The second kappa shape index (κ2) is 12.4. The summed E-state index contributed by atoms with van der Waals surface area (Å²) in [5.74, 6) is -0.296. The summed E-state index contributed by atoms with van der Waals surface area (Å²) in [6.07, 6.45) is 2.03. The van der Waals surface area contributed by atoms with Crippen molar-refractivity contribution < 1.29 is 14.4 Å². The minimum Gasteiger partial charge on any atom is -0.344 e. The molecule has 1 unspecified atom stereocenters. The average molecular weight is 513 g/mol. The number of nitrogens with one attached hydrogen (secondary N) is 3. The van der Waals surface area contributed by atoms with E-state index in [0.717, 1.165) is 46.3 Å². The molecule has 3 aromatic rings. The maximum atomic E-state index is 13.7. The number of benzene rings is 3. The number of amides is 4. The van der Waals surface area contributed by atoms with Gasteiger partial charge in [0.05, 0.1) is 6.54 Å². The van der Waals surface area contributed by atoms with Crippen LogP contribution in [0.3, 0.4) is 0 Å². The van der Waals surface area contributed by atoms with Crippen molar-refractivity contribution in [2.45, 2.75) is 52.2 Å². The fraction of sp³-hybridized carbons (Fsp3) is 0.323. The Kier molecular flexibility index (Phi) is 8.79. The number of rotatable bonds is 8.